The molecule has 0 atom stereocenters. The molecule has 0 aliphatic rings. The average molecular weight is 172 g/mol. The number of aliphatic hydroxyl groups is 1. The van der Waals surface area contributed by atoms with Crippen molar-refractivity contribution in [1.29, 1.82) is 5.41 Å². The lowest BCUT2D eigenvalue weighted by molar-refractivity contribution is 0.357. The number of halogens is 1. The molecule has 5 heteroatoms. The van der Waals surface area contributed by atoms with Crippen LogP contribution in [0.1, 0.15) is 5.69 Å². The van der Waals surface area contributed by atoms with Crippen molar-refractivity contribution in [2.45, 2.75) is 0 Å². The minimum atomic E-state index is -0.377. The van der Waals surface area contributed by atoms with Crippen LogP contribution in [-0.4, -0.2) is 27.4 Å². The zero-order chi connectivity index (χ0) is 8.27. The van der Waals surface area contributed by atoms with E-state index in [-0.39, 0.29) is 23.2 Å². The van der Waals surface area contributed by atoms with E-state index in [2.05, 4.69) is 9.97 Å². The van der Waals surface area contributed by atoms with E-state index in [0.717, 1.165) is 0 Å². The molecule has 11 heavy (non-hydrogen) atoms. The highest BCUT2D eigenvalue weighted by Gasteiger charge is 2.06. The van der Waals surface area contributed by atoms with E-state index in [0.29, 0.717) is 0 Å². The molecular formula is C6H6ClN3O. The van der Waals surface area contributed by atoms with Crippen molar-refractivity contribution in [2.75, 3.05) is 6.61 Å². The largest absolute Gasteiger partial charge is 0.390 e. The van der Waals surface area contributed by atoms with Crippen molar-refractivity contribution < 1.29 is 5.11 Å². The summed E-state index contributed by atoms with van der Waals surface area (Å²) >= 11 is 5.57. The van der Waals surface area contributed by atoms with Crippen LogP contribution in [0.3, 0.4) is 0 Å². The molecule has 58 valence electrons. The van der Waals surface area contributed by atoms with Gasteiger partial charge in [-0.1, -0.05) is 11.6 Å². The zero-order valence-corrected chi connectivity index (χ0v) is 6.34. The zero-order valence-electron chi connectivity index (χ0n) is 5.58. The van der Waals surface area contributed by atoms with Gasteiger partial charge in [-0.15, -0.1) is 0 Å². The quantitative estimate of drug-likeness (QED) is 0.637. The number of nitrogens with zero attached hydrogens (tertiary/aromatic N) is 2. The van der Waals surface area contributed by atoms with Gasteiger partial charge < -0.3 is 10.5 Å². The second-order valence-corrected chi connectivity index (χ2v) is 2.19. The highest BCUT2D eigenvalue weighted by atomic mass is 35.5. The Morgan fingerprint density at radius 2 is 2.18 bits per heavy atom. The van der Waals surface area contributed by atoms with Gasteiger partial charge in [0.15, 0.2) is 5.15 Å². The molecule has 0 spiro atoms. The standard InChI is InChI=1S/C6H6ClN3O/c7-6-5(4(8)3-11)9-1-2-10-6/h1-2,8,11H,3H2. The van der Waals surface area contributed by atoms with Crippen LogP contribution in [0.5, 0.6) is 0 Å². The molecule has 0 amide bonds. The third-order valence-corrected chi connectivity index (χ3v) is 1.37. The molecule has 0 saturated carbocycles. The molecule has 0 saturated heterocycles. The summed E-state index contributed by atoms with van der Waals surface area (Å²) in [5.74, 6) is 0. The van der Waals surface area contributed by atoms with Gasteiger partial charge in [0.1, 0.15) is 5.69 Å². The lowest BCUT2D eigenvalue weighted by atomic mass is 10.3. The molecule has 2 N–H and O–H groups in total. The Kier molecular flexibility index (Phi) is 2.51. The summed E-state index contributed by atoms with van der Waals surface area (Å²) < 4.78 is 0. The Labute approximate surface area is 68.4 Å². The SMILES string of the molecule is N=C(CO)c1nccnc1Cl. The van der Waals surface area contributed by atoms with Crippen LogP contribution in [0.2, 0.25) is 5.15 Å². The molecule has 0 bridgehead atoms. The molecule has 1 aromatic rings. The monoisotopic (exact) mass is 171 g/mol. The molecule has 0 fully saturated rings. The Bertz CT molecular complexity index is 276. The first-order valence-electron chi connectivity index (χ1n) is 2.91. The number of aliphatic hydroxyl groups excluding tert-OH is 1. The summed E-state index contributed by atoms with van der Waals surface area (Å²) in [4.78, 5) is 7.47. The van der Waals surface area contributed by atoms with Gasteiger partial charge in [0.25, 0.3) is 0 Å². The van der Waals surface area contributed by atoms with E-state index in [4.69, 9.17) is 22.1 Å². The second-order valence-electron chi connectivity index (χ2n) is 1.83. The van der Waals surface area contributed by atoms with Gasteiger partial charge in [0, 0.05) is 12.4 Å². The van der Waals surface area contributed by atoms with E-state index in [9.17, 15) is 0 Å². The third kappa shape index (κ3) is 1.72. The summed E-state index contributed by atoms with van der Waals surface area (Å²) in [5.41, 5.74) is 0.208. The van der Waals surface area contributed by atoms with Gasteiger partial charge in [-0.05, 0) is 0 Å². The van der Waals surface area contributed by atoms with Gasteiger partial charge >= 0.3 is 0 Å². The molecule has 0 aliphatic heterocycles. The van der Waals surface area contributed by atoms with Crippen LogP contribution < -0.4 is 0 Å². The third-order valence-electron chi connectivity index (χ3n) is 1.10. The van der Waals surface area contributed by atoms with E-state index in [1.54, 1.807) is 0 Å². The van der Waals surface area contributed by atoms with Crippen LogP contribution in [-0.2, 0) is 0 Å². The highest BCUT2D eigenvalue weighted by Crippen LogP contribution is 2.07. The summed E-state index contributed by atoms with van der Waals surface area (Å²) in [6, 6.07) is 0. The lowest BCUT2D eigenvalue weighted by Gasteiger charge is -1.98. The molecule has 0 aliphatic carbocycles. The maximum atomic E-state index is 8.56. The summed E-state index contributed by atoms with van der Waals surface area (Å²) in [6.45, 7) is -0.377. The van der Waals surface area contributed by atoms with E-state index >= 15 is 0 Å². The lowest BCUT2D eigenvalue weighted by Crippen LogP contribution is -2.08. The Morgan fingerprint density at radius 1 is 1.55 bits per heavy atom. The number of hydrogen-bond donors (Lipinski definition) is 2. The van der Waals surface area contributed by atoms with E-state index in [1.165, 1.54) is 12.4 Å². The summed E-state index contributed by atoms with van der Waals surface area (Å²) in [5, 5.41) is 15.9. The van der Waals surface area contributed by atoms with Crippen molar-refractivity contribution in [3.63, 3.8) is 0 Å². The molecule has 0 radical (unpaired) electrons. The maximum Gasteiger partial charge on any atom is 0.156 e. The topological polar surface area (TPSA) is 69.9 Å². The first-order valence-corrected chi connectivity index (χ1v) is 3.28. The normalized spacial score (nSPS) is 9.64. The summed E-state index contributed by atoms with van der Waals surface area (Å²) in [6.07, 6.45) is 2.85. The van der Waals surface area contributed by atoms with Crippen LogP contribution in [0, 0.1) is 5.41 Å². The van der Waals surface area contributed by atoms with Gasteiger partial charge in [0.05, 0.1) is 12.3 Å². The molecule has 1 heterocycles. The summed E-state index contributed by atoms with van der Waals surface area (Å²) in [7, 11) is 0. The fourth-order valence-electron chi connectivity index (χ4n) is 0.598. The Hall–Kier alpha value is -1.00. The number of nitrogens with one attached hydrogen (secondary N) is 1. The van der Waals surface area contributed by atoms with Crippen LogP contribution >= 0.6 is 11.6 Å². The molecule has 0 aromatic carbocycles. The Morgan fingerprint density at radius 3 is 2.73 bits per heavy atom. The minimum Gasteiger partial charge on any atom is -0.390 e. The molecule has 1 rings (SSSR count). The fraction of sp³-hybridized carbons (Fsp3) is 0.167. The average Bonchev–Trinajstić information content (AvgIpc) is 2.04. The highest BCUT2D eigenvalue weighted by molar-refractivity contribution is 6.32. The molecule has 4 nitrogen and oxygen atoms in total. The number of rotatable bonds is 2. The first-order chi connectivity index (χ1) is 5.25. The predicted octanol–water partition coefficient (Wildman–Crippen LogP) is 0.490. The van der Waals surface area contributed by atoms with Crippen molar-refractivity contribution in [3.05, 3.63) is 23.2 Å². The van der Waals surface area contributed by atoms with Gasteiger partial charge in [-0.3, -0.25) is 4.98 Å². The second kappa shape index (κ2) is 3.41. The van der Waals surface area contributed by atoms with E-state index in [1.807, 2.05) is 0 Å². The Balaban J connectivity index is 3.03. The first kappa shape index (κ1) is 8.10. The van der Waals surface area contributed by atoms with Gasteiger partial charge in [0.2, 0.25) is 0 Å². The van der Waals surface area contributed by atoms with Crippen LogP contribution in [0.25, 0.3) is 0 Å². The maximum absolute atomic E-state index is 8.56. The van der Waals surface area contributed by atoms with Crippen LogP contribution in [0.15, 0.2) is 12.4 Å². The van der Waals surface area contributed by atoms with Crippen molar-refractivity contribution in [2.24, 2.45) is 0 Å². The minimum absolute atomic E-state index is 0.0249. The van der Waals surface area contributed by atoms with E-state index < -0.39 is 0 Å². The van der Waals surface area contributed by atoms with Crippen molar-refractivity contribution in [3.8, 4) is 0 Å². The predicted molar refractivity (Wildman–Crippen MR) is 41.0 cm³/mol. The molecular weight excluding hydrogens is 166 g/mol. The van der Waals surface area contributed by atoms with Gasteiger partial charge in [-0.25, -0.2) is 4.98 Å². The van der Waals surface area contributed by atoms with Crippen molar-refractivity contribution in [1.82, 2.24) is 9.97 Å². The fourth-order valence-corrected chi connectivity index (χ4v) is 0.818. The number of aromatic nitrogens is 2. The smallest absolute Gasteiger partial charge is 0.156 e. The van der Waals surface area contributed by atoms with Crippen LogP contribution in [0.4, 0.5) is 0 Å². The molecule has 1 aromatic heterocycles. The van der Waals surface area contributed by atoms with Crippen molar-refractivity contribution >= 4 is 17.3 Å². The van der Waals surface area contributed by atoms with Gasteiger partial charge in [-0.2, -0.15) is 0 Å². The number of hydrogen-bond acceptors (Lipinski definition) is 4. The molecule has 0 unspecified atom stereocenters.